The fraction of sp³-hybridized carbons (Fsp3) is 0.429. The third kappa shape index (κ3) is 3.65. The van der Waals surface area contributed by atoms with E-state index in [9.17, 15) is 14.7 Å². The molecule has 1 saturated heterocycles. The van der Waals surface area contributed by atoms with Crippen molar-refractivity contribution in [2.75, 3.05) is 19.8 Å². The van der Waals surface area contributed by atoms with Gasteiger partial charge in [0.25, 0.3) is 5.91 Å². The number of carboxylic acids is 1. The second kappa shape index (κ2) is 6.32. The van der Waals surface area contributed by atoms with E-state index >= 15 is 0 Å². The first kappa shape index (κ1) is 15.6. The van der Waals surface area contributed by atoms with Crippen molar-refractivity contribution in [2.45, 2.75) is 13.0 Å². The van der Waals surface area contributed by atoms with Crippen LogP contribution in [0.5, 0.6) is 5.75 Å². The molecule has 0 radical (unpaired) electrons. The van der Waals surface area contributed by atoms with E-state index in [0.29, 0.717) is 10.8 Å². The standard InChI is InChI=1S/C14H16ClNO5/c1-14(13(18)19)8-20-6-11(14)16-12(17)7-21-10-4-2-9(15)3-5-10/h2-5,11H,6-8H2,1H3,(H,16,17)(H,18,19). The molecule has 1 aliphatic rings. The lowest BCUT2D eigenvalue weighted by atomic mass is 9.85. The van der Waals surface area contributed by atoms with Crippen molar-refractivity contribution >= 4 is 23.5 Å². The molecule has 0 aromatic heterocycles. The molecule has 1 amide bonds. The molecule has 7 heteroatoms. The highest BCUT2D eigenvalue weighted by Gasteiger charge is 2.47. The molecule has 21 heavy (non-hydrogen) atoms. The number of benzene rings is 1. The maximum atomic E-state index is 11.8. The number of hydrogen-bond donors (Lipinski definition) is 2. The zero-order valence-electron chi connectivity index (χ0n) is 11.5. The SMILES string of the molecule is CC1(C(=O)O)COCC1NC(=O)COc1ccc(Cl)cc1. The summed E-state index contributed by atoms with van der Waals surface area (Å²) in [4.78, 5) is 23.1. The van der Waals surface area contributed by atoms with Crippen molar-refractivity contribution in [1.82, 2.24) is 5.32 Å². The van der Waals surface area contributed by atoms with Crippen molar-refractivity contribution in [1.29, 1.82) is 0 Å². The summed E-state index contributed by atoms with van der Waals surface area (Å²) in [5.74, 6) is -0.880. The Kier molecular flexibility index (Phi) is 4.69. The number of carbonyl (C=O) groups excluding carboxylic acids is 1. The minimum absolute atomic E-state index is 0.0747. The Morgan fingerprint density at radius 1 is 1.48 bits per heavy atom. The van der Waals surface area contributed by atoms with E-state index in [4.69, 9.17) is 21.1 Å². The van der Waals surface area contributed by atoms with Gasteiger partial charge in [-0.25, -0.2) is 0 Å². The van der Waals surface area contributed by atoms with Crippen LogP contribution in [0.4, 0.5) is 0 Å². The Morgan fingerprint density at radius 3 is 2.76 bits per heavy atom. The molecule has 2 atom stereocenters. The molecule has 6 nitrogen and oxygen atoms in total. The summed E-state index contributed by atoms with van der Waals surface area (Å²) in [5.41, 5.74) is -1.12. The molecule has 0 saturated carbocycles. The molecule has 0 bridgehead atoms. The smallest absolute Gasteiger partial charge is 0.313 e. The van der Waals surface area contributed by atoms with Crippen LogP contribution in [-0.4, -0.2) is 42.8 Å². The molecule has 2 unspecified atom stereocenters. The van der Waals surface area contributed by atoms with Crippen molar-refractivity contribution in [3.8, 4) is 5.75 Å². The van der Waals surface area contributed by atoms with Gasteiger partial charge in [-0.1, -0.05) is 11.6 Å². The van der Waals surface area contributed by atoms with Gasteiger partial charge in [-0.15, -0.1) is 0 Å². The van der Waals surface area contributed by atoms with Crippen LogP contribution in [0.1, 0.15) is 6.92 Å². The van der Waals surface area contributed by atoms with Crippen LogP contribution >= 0.6 is 11.6 Å². The molecule has 0 spiro atoms. The van der Waals surface area contributed by atoms with E-state index in [-0.39, 0.29) is 19.8 Å². The minimum Gasteiger partial charge on any atom is -0.484 e. The third-order valence-electron chi connectivity index (χ3n) is 3.46. The van der Waals surface area contributed by atoms with Gasteiger partial charge in [0, 0.05) is 5.02 Å². The number of halogens is 1. The van der Waals surface area contributed by atoms with Crippen LogP contribution in [0.2, 0.25) is 5.02 Å². The van der Waals surface area contributed by atoms with Crippen LogP contribution < -0.4 is 10.1 Å². The monoisotopic (exact) mass is 313 g/mol. The highest BCUT2D eigenvalue weighted by Crippen LogP contribution is 2.28. The number of ether oxygens (including phenoxy) is 2. The Morgan fingerprint density at radius 2 is 2.14 bits per heavy atom. The number of carboxylic acid groups (broad SMARTS) is 1. The molecular formula is C14H16ClNO5. The summed E-state index contributed by atoms with van der Waals surface area (Å²) in [7, 11) is 0. The Bertz CT molecular complexity index is 533. The quantitative estimate of drug-likeness (QED) is 0.856. The van der Waals surface area contributed by atoms with E-state index in [2.05, 4.69) is 5.32 Å². The number of nitrogens with one attached hydrogen (secondary N) is 1. The predicted molar refractivity (Wildman–Crippen MR) is 75.4 cm³/mol. The minimum atomic E-state index is -1.12. The first-order valence-electron chi connectivity index (χ1n) is 6.41. The van der Waals surface area contributed by atoms with Gasteiger partial charge < -0.3 is 19.9 Å². The molecule has 1 aromatic rings. The van der Waals surface area contributed by atoms with Crippen molar-refractivity contribution in [3.05, 3.63) is 29.3 Å². The maximum Gasteiger partial charge on any atom is 0.313 e. The van der Waals surface area contributed by atoms with Crippen LogP contribution in [0.3, 0.4) is 0 Å². The first-order chi connectivity index (χ1) is 9.91. The van der Waals surface area contributed by atoms with Gasteiger partial charge >= 0.3 is 5.97 Å². The van der Waals surface area contributed by atoms with Gasteiger partial charge in [-0.2, -0.15) is 0 Å². The van der Waals surface area contributed by atoms with Gasteiger partial charge in [0.15, 0.2) is 6.61 Å². The highest BCUT2D eigenvalue weighted by atomic mass is 35.5. The number of rotatable bonds is 5. The average molecular weight is 314 g/mol. The molecule has 114 valence electrons. The lowest BCUT2D eigenvalue weighted by Crippen LogP contribution is -2.50. The fourth-order valence-electron chi connectivity index (χ4n) is 2.00. The van der Waals surface area contributed by atoms with Gasteiger partial charge in [0.05, 0.1) is 19.3 Å². The lowest BCUT2D eigenvalue weighted by molar-refractivity contribution is -0.149. The van der Waals surface area contributed by atoms with Crippen LogP contribution in [0.15, 0.2) is 24.3 Å². The number of aliphatic carboxylic acids is 1. The van der Waals surface area contributed by atoms with E-state index in [1.54, 1.807) is 31.2 Å². The molecule has 1 heterocycles. The zero-order valence-corrected chi connectivity index (χ0v) is 12.2. The molecule has 2 N–H and O–H groups in total. The molecule has 1 fully saturated rings. The lowest BCUT2D eigenvalue weighted by Gasteiger charge is -2.25. The second-order valence-corrected chi connectivity index (χ2v) is 5.54. The molecular weight excluding hydrogens is 298 g/mol. The highest BCUT2D eigenvalue weighted by molar-refractivity contribution is 6.30. The van der Waals surface area contributed by atoms with Crippen molar-refractivity contribution < 1.29 is 24.2 Å². The molecule has 0 aliphatic carbocycles. The van der Waals surface area contributed by atoms with Crippen LogP contribution in [0, 0.1) is 5.41 Å². The summed E-state index contributed by atoms with van der Waals surface area (Å²) >= 11 is 5.74. The summed E-state index contributed by atoms with van der Waals surface area (Å²) in [5, 5.41) is 12.4. The predicted octanol–water partition coefficient (Wildman–Crippen LogP) is 1.32. The van der Waals surface area contributed by atoms with Crippen molar-refractivity contribution in [2.24, 2.45) is 5.41 Å². The van der Waals surface area contributed by atoms with Crippen LogP contribution in [0.25, 0.3) is 0 Å². The number of amides is 1. The first-order valence-corrected chi connectivity index (χ1v) is 6.78. The van der Waals surface area contributed by atoms with E-state index in [0.717, 1.165) is 0 Å². The van der Waals surface area contributed by atoms with E-state index in [1.807, 2.05) is 0 Å². The fourth-order valence-corrected chi connectivity index (χ4v) is 2.13. The topological polar surface area (TPSA) is 84.9 Å². The third-order valence-corrected chi connectivity index (χ3v) is 3.71. The molecule has 2 rings (SSSR count). The second-order valence-electron chi connectivity index (χ2n) is 5.10. The van der Waals surface area contributed by atoms with Gasteiger partial charge in [0.1, 0.15) is 11.2 Å². The Labute approximate surface area is 127 Å². The van der Waals surface area contributed by atoms with E-state index < -0.39 is 23.3 Å². The summed E-state index contributed by atoms with van der Waals surface area (Å²) in [6.45, 7) is 1.60. The summed E-state index contributed by atoms with van der Waals surface area (Å²) < 4.78 is 10.5. The zero-order chi connectivity index (χ0) is 15.5. The Balaban J connectivity index is 1.87. The van der Waals surface area contributed by atoms with Gasteiger partial charge in [0.2, 0.25) is 0 Å². The van der Waals surface area contributed by atoms with E-state index in [1.165, 1.54) is 0 Å². The molecule has 1 aliphatic heterocycles. The van der Waals surface area contributed by atoms with Crippen molar-refractivity contribution in [3.63, 3.8) is 0 Å². The largest absolute Gasteiger partial charge is 0.484 e. The summed E-state index contributed by atoms with van der Waals surface area (Å²) in [6, 6.07) is 6.03. The van der Waals surface area contributed by atoms with Crippen LogP contribution in [-0.2, 0) is 14.3 Å². The molecule has 1 aromatic carbocycles. The normalized spacial score (nSPS) is 24.6. The van der Waals surface area contributed by atoms with Gasteiger partial charge in [-0.05, 0) is 31.2 Å². The summed E-state index contributed by atoms with van der Waals surface area (Å²) in [6.07, 6.45) is 0. The number of carbonyl (C=O) groups is 2. The van der Waals surface area contributed by atoms with Gasteiger partial charge in [-0.3, -0.25) is 9.59 Å². The average Bonchev–Trinajstić information content (AvgIpc) is 2.81. The number of hydrogen-bond acceptors (Lipinski definition) is 4. The Hall–Kier alpha value is -1.79. The maximum absolute atomic E-state index is 11.8.